The molecule has 3 nitrogen and oxygen atoms in total. The molecule has 0 fully saturated rings. The van der Waals surface area contributed by atoms with Crippen LogP contribution in [0.3, 0.4) is 0 Å². The average molecular weight is 336 g/mol. The summed E-state index contributed by atoms with van der Waals surface area (Å²) in [5.41, 5.74) is 1.05. The molecule has 4 heteroatoms. The van der Waals surface area contributed by atoms with E-state index in [0.29, 0.717) is 17.1 Å². The summed E-state index contributed by atoms with van der Waals surface area (Å²) < 4.78 is 24.3. The van der Waals surface area contributed by atoms with Crippen molar-refractivity contribution in [2.24, 2.45) is 0 Å². The Kier molecular flexibility index (Phi) is 5.09. The van der Waals surface area contributed by atoms with Gasteiger partial charge in [-0.2, -0.15) is 0 Å². The highest BCUT2D eigenvalue weighted by atomic mass is 19.1. The molecule has 0 aliphatic carbocycles. The molecule has 0 aliphatic rings. The summed E-state index contributed by atoms with van der Waals surface area (Å²) in [6.07, 6.45) is -0.502. The first-order chi connectivity index (χ1) is 12.1. The van der Waals surface area contributed by atoms with Crippen molar-refractivity contribution in [3.05, 3.63) is 95.8 Å². The molecule has 3 aromatic rings. The van der Waals surface area contributed by atoms with Crippen LogP contribution >= 0.6 is 0 Å². The number of para-hydroxylation sites is 2. The predicted molar refractivity (Wildman–Crippen MR) is 93.2 cm³/mol. The lowest BCUT2D eigenvalue weighted by molar-refractivity contribution is 0.0335. The van der Waals surface area contributed by atoms with Crippen molar-refractivity contribution in [2.45, 2.75) is 13.0 Å². The van der Waals surface area contributed by atoms with Crippen LogP contribution in [-0.4, -0.2) is 5.97 Å². The Labute approximate surface area is 145 Å². The lowest BCUT2D eigenvalue weighted by Gasteiger charge is -2.15. The fourth-order valence-corrected chi connectivity index (χ4v) is 2.37. The maximum Gasteiger partial charge on any atom is 0.342 e. The summed E-state index contributed by atoms with van der Waals surface area (Å²) >= 11 is 0. The second-order valence-electron chi connectivity index (χ2n) is 5.51. The van der Waals surface area contributed by atoms with Gasteiger partial charge in [-0.25, -0.2) is 9.18 Å². The fraction of sp³-hybridized carbons (Fsp3) is 0.0952. The SMILES string of the molecule is C[C@H](OC(=O)c1ccccc1Oc1ccccc1)c1ccc(F)cc1. The summed E-state index contributed by atoms with van der Waals surface area (Å²) in [6.45, 7) is 1.74. The third kappa shape index (κ3) is 4.23. The van der Waals surface area contributed by atoms with Gasteiger partial charge in [0.2, 0.25) is 0 Å². The second kappa shape index (κ2) is 7.62. The number of rotatable bonds is 5. The number of ether oxygens (including phenoxy) is 2. The van der Waals surface area contributed by atoms with E-state index in [1.807, 2.05) is 30.3 Å². The van der Waals surface area contributed by atoms with Crippen molar-refractivity contribution >= 4 is 5.97 Å². The van der Waals surface area contributed by atoms with Crippen LogP contribution < -0.4 is 4.74 Å². The summed E-state index contributed by atoms with van der Waals surface area (Å²) in [5, 5.41) is 0. The van der Waals surface area contributed by atoms with Gasteiger partial charge in [0.1, 0.15) is 29.0 Å². The molecule has 0 N–H and O–H groups in total. The van der Waals surface area contributed by atoms with E-state index in [-0.39, 0.29) is 5.82 Å². The minimum Gasteiger partial charge on any atom is -0.456 e. The average Bonchev–Trinajstić information content (AvgIpc) is 2.63. The third-order valence-corrected chi connectivity index (χ3v) is 3.70. The van der Waals surface area contributed by atoms with Crippen molar-refractivity contribution < 1.29 is 18.7 Å². The number of esters is 1. The van der Waals surface area contributed by atoms with Gasteiger partial charge in [0.15, 0.2) is 0 Å². The fourth-order valence-electron chi connectivity index (χ4n) is 2.37. The van der Waals surface area contributed by atoms with E-state index in [9.17, 15) is 9.18 Å². The second-order valence-corrected chi connectivity index (χ2v) is 5.51. The third-order valence-electron chi connectivity index (χ3n) is 3.70. The van der Waals surface area contributed by atoms with Crippen LogP contribution in [0.25, 0.3) is 0 Å². The molecule has 3 aromatic carbocycles. The zero-order valence-corrected chi connectivity index (χ0v) is 13.7. The molecular formula is C21H17FO3. The Bertz CT molecular complexity index is 845. The van der Waals surface area contributed by atoms with Gasteiger partial charge in [-0.15, -0.1) is 0 Å². The van der Waals surface area contributed by atoms with Crippen LogP contribution in [0.1, 0.15) is 28.9 Å². The Morgan fingerprint density at radius 1 is 0.880 bits per heavy atom. The van der Waals surface area contributed by atoms with Gasteiger partial charge in [0, 0.05) is 0 Å². The van der Waals surface area contributed by atoms with E-state index in [2.05, 4.69) is 0 Å². The number of carbonyl (C=O) groups is 1. The van der Waals surface area contributed by atoms with Gasteiger partial charge in [-0.05, 0) is 48.9 Å². The highest BCUT2D eigenvalue weighted by Crippen LogP contribution is 2.27. The number of benzene rings is 3. The van der Waals surface area contributed by atoms with Crippen LogP contribution in [0.15, 0.2) is 78.9 Å². The zero-order chi connectivity index (χ0) is 17.6. The van der Waals surface area contributed by atoms with Crippen molar-refractivity contribution in [1.82, 2.24) is 0 Å². The molecule has 0 amide bonds. The van der Waals surface area contributed by atoms with Gasteiger partial charge in [0.05, 0.1) is 0 Å². The predicted octanol–water partition coefficient (Wildman–Crippen LogP) is 5.54. The van der Waals surface area contributed by atoms with Crippen molar-refractivity contribution in [1.29, 1.82) is 0 Å². The highest BCUT2D eigenvalue weighted by molar-refractivity contribution is 5.92. The standard InChI is InChI=1S/C21H17FO3/c1-15(16-11-13-17(22)14-12-16)24-21(23)19-9-5-6-10-20(19)25-18-7-3-2-4-8-18/h2-15H,1H3/t15-/m0/s1. The van der Waals surface area contributed by atoms with Crippen molar-refractivity contribution in [2.75, 3.05) is 0 Å². The topological polar surface area (TPSA) is 35.5 Å². The minimum absolute atomic E-state index is 0.330. The Hall–Kier alpha value is -3.14. The van der Waals surface area contributed by atoms with Crippen LogP contribution in [0, 0.1) is 5.82 Å². The van der Waals surface area contributed by atoms with Gasteiger partial charge in [-0.3, -0.25) is 0 Å². The summed E-state index contributed by atoms with van der Waals surface area (Å²) in [6, 6.07) is 22.0. The first-order valence-corrected chi connectivity index (χ1v) is 7.92. The largest absolute Gasteiger partial charge is 0.456 e. The van der Waals surface area contributed by atoms with E-state index < -0.39 is 12.1 Å². The lowest BCUT2D eigenvalue weighted by atomic mass is 10.1. The van der Waals surface area contributed by atoms with E-state index in [1.165, 1.54) is 12.1 Å². The van der Waals surface area contributed by atoms with Crippen LogP contribution in [-0.2, 0) is 4.74 Å². The minimum atomic E-state index is -0.502. The summed E-state index contributed by atoms with van der Waals surface area (Å²) in [7, 11) is 0. The monoisotopic (exact) mass is 336 g/mol. The molecule has 0 aliphatic heterocycles. The van der Waals surface area contributed by atoms with Crippen LogP contribution in [0.4, 0.5) is 4.39 Å². The summed E-state index contributed by atoms with van der Waals surface area (Å²) in [5.74, 6) is 0.228. The van der Waals surface area contributed by atoms with E-state index in [0.717, 1.165) is 5.56 Å². The molecule has 0 spiro atoms. The Balaban J connectivity index is 1.77. The molecule has 0 bridgehead atoms. The lowest BCUT2D eigenvalue weighted by Crippen LogP contribution is -2.10. The number of halogens is 1. The molecule has 126 valence electrons. The number of carbonyl (C=O) groups excluding carboxylic acids is 1. The van der Waals surface area contributed by atoms with E-state index in [4.69, 9.17) is 9.47 Å². The number of hydrogen-bond donors (Lipinski definition) is 0. The zero-order valence-electron chi connectivity index (χ0n) is 13.7. The van der Waals surface area contributed by atoms with Crippen molar-refractivity contribution in [3.63, 3.8) is 0 Å². The summed E-state index contributed by atoms with van der Waals surface area (Å²) in [4.78, 5) is 12.5. The van der Waals surface area contributed by atoms with Crippen LogP contribution in [0.2, 0.25) is 0 Å². The van der Waals surface area contributed by atoms with Gasteiger partial charge < -0.3 is 9.47 Å². The Morgan fingerprint density at radius 3 is 2.24 bits per heavy atom. The van der Waals surface area contributed by atoms with E-state index in [1.54, 1.807) is 43.3 Å². The molecule has 0 heterocycles. The van der Waals surface area contributed by atoms with E-state index >= 15 is 0 Å². The molecule has 3 rings (SSSR count). The van der Waals surface area contributed by atoms with Gasteiger partial charge in [0.25, 0.3) is 0 Å². The normalized spacial score (nSPS) is 11.6. The van der Waals surface area contributed by atoms with Gasteiger partial charge in [-0.1, -0.05) is 42.5 Å². The van der Waals surface area contributed by atoms with Crippen LogP contribution in [0.5, 0.6) is 11.5 Å². The molecule has 0 saturated heterocycles. The first kappa shape index (κ1) is 16.7. The van der Waals surface area contributed by atoms with Crippen molar-refractivity contribution in [3.8, 4) is 11.5 Å². The molecule has 0 aromatic heterocycles. The Morgan fingerprint density at radius 2 is 1.52 bits per heavy atom. The maximum absolute atomic E-state index is 13.0. The molecule has 25 heavy (non-hydrogen) atoms. The molecule has 0 radical (unpaired) electrons. The molecule has 0 saturated carbocycles. The highest BCUT2D eigenvalue weighted by Gasteiger charge is 2.18. The van der Waals surface area contributed by atoms with Gasteiger partial charge >= 0.3 is 5.97 Å². The maximum atomic E-state index is 13.0. The molecular weight excluding hydrogens is 319 g/mol. The molecule has 0 unspecified atom stereocenters. The number of hydrogen-bond acceptors (Lipinski definition) is 3. The first-order valence-electron chi connectivity index (χ1n) is 7.92. The quantitative estimate of drug-likeness (QED) is 0.574. The molecule has 1 atom stereocenters. The smallest absolute Gasteiger partial charge is 0.342 e.